The van der Waals surface area contributed by atoms with Crippen molar-refractivity contribution in [1.82, 2.24) is 10.2 Å². The molecule has 6 nitrogen and oxygen atoms in total. The van der Waals surface area contributed by atoms with E-state index in [0.717, 1.165) is 0 Å². The molecule has 2 saturated heterocycles. The van der Waals surface area contributed by atoms with Crippen molar-refractivity contribution in [3.8, 4) is 0 Å². The van der Waals surface area contributed by atoms with Crippen LogP contribution in [0.15, 0.2) is 0 Å². The summed E-state index contributed by atoms with van der Waals surface area (Å²) in [6, 6.07) is 0. The van der Waals surface area contributed by atoms with Gasteiger partial charge in [0, 0.05) is 13.1 Å². The largest absolute Gasteiger partial charge is 0.444 e. The van der Waals surface area contributed by atoms with Crippen LogP contribution in [0.5, 0.6) is 0 Å². The van der Waals surface area contributed by atoms with Crippen molar-refractivity contribution in [2.75, 3.05) is 26.2 Å². The van der Waals surface area contributed by atoms with E-state index in [4.69, 9.17) is 14.9 Å². The first-order valence-corrected chi connectivity index (χ1v) is 6.93. The van der Waals surface area contributed by atoms with E-state index >= 15 is 0 Å². The molecule has 0 saturated carbocycles. The monoisotopic (exact) mass is 310 g/mol. The van der Waals surface area contributed by atoms with Crippen molar-refractivity contribution in [2.24, 2.45) is 0 Å². The minimum absolute atomic E-state index is 0.0100. The van der Waals surface area contributed by atoms with E-state index in [1.54, 1.807) is 20.8 Å². The molecule has 0 aromatic carbocycles. The zero-order chi connectivity index (χ0) is 16.2. The summed E-state index contributed by atoms with van der Waals surface area (Å²) < 4.78 is 29.9. The molecule has 0 aromatic rings. The third-order valence-electron chi connectivity index (χ3n) is 2.98. The number of carbonyl (C=O) groups is 1. The lowest BCUT2D eigenvalue weighted by molar-refractivity contribution is 0.0269. The quantitative estimate of drug-likeness (QED) is 0.596. The lowest BCUT2D eigenvalue weighted by Crippen LogP contribution is -2.35. The molecule has 2 aliphatic rings. The highest BCUT2D eigenvalue weighted by Gasteiger charge is 2.36. The summed E-state index contributed by atoms with van der Waals surface area (Å²) in [4.78, 5) is 12.6. The normalized spacial score (nSPS) is 32.6. The van der Waals surface area contributed by atoms with Crippen LogP contribution in [0.1, 0.15) is 20.8 Å². The Morgan fingerprint density at radius 1 is 1.14 bits per heavy atom. The fourth-order valence-electron chi connectivity index (χ4n) is 1.86. The molecule has 0 spiro atoms. The van der Waals surface area contributed by atoms with E-state index in [9.17, 15) is 13.6 Å². The fourth-order valence-corrected chi connectivity index (χ4v) is 1.86. The van der Waals surface area contributed by atoms with Gasteiger partial charge in [0.05, 0.1) is 19.2 Å². The highest BCUT2D eigenvalue weighted by molar-refractivity contribution is 5.68. The molecule has 0 bridgehead atoms. The van der Waals surface area contributed by atoms with Gasteiger partial charge in [-0.3, -0.25) is 0 Å². The van der Waals surface area contributed by atoms with E-state index < -0.39 is 36.2 Å². The van der Waals surface area contributed by atoms with Gasteiger partial charge in [-0.25, -0.2) is 13.6 Å². The van der Waals surface area contributed by atoms with Crippen LogP contribution in [0.25, 0.3) is 0 Å². The van der Waals surface area contributed by atoms with E-state index in [1.807, 2.05) is 0 Å². The maximum absolute atomic E-state index is 12.9. The lowest BCUT2D eigenvalue weighted by atomic mass is 10.2. The number of hydrogen-bond acceptors (Lipinski definition) is 5. The van der Waals surface area contributed by atoms with E-state index in [0.29, 0.717) is 13.1 Å². The Hall–Kier alpha value is -0.990. The van der Waals surface area contributed by atoms with Crippen LogP contribution in [0.4, 0.5) is 13.6 Å². The molecule has 2 fully saturated rings. The highest BCUT2D eigenvalue weighted by Crippen LogP contribution is 2.17. The second-order valence-corrected chi connectivity index (χ2v) is 6.21. The Balaban J connectivity index is 0.000000262. The van der Waals surface area contributed by atoms with Gasteiger partial charge in [-0.2, -0.15) is 0 Å². The van der Waals surface area contributed by atoms with Crippen molar-refractivity contribution >= 4 is 6.09 Å². The van der Waals surface area contributed by atoms with Gasteiger partial charge in [0.1, 0.15) is 24.0 Å². The number of likely N-dealkylation sites (tertiary alicyclic amines) is 1. The number of aliphatic hydroxyl groups is 2. The number of halogens is 2. The maximum atomic E-state index is 12.9. The zero-order valence-electron chi connectivity index (χ0n) is 12.6. The van der Waals surface area contributed by atoms with Gasteiger partial charge in [0.2, 0.25) is 0 Å². The number of ether oxygens (including phenoxy) is 1. The molecular formula is C13H24F2N2O4. The topological polar surface area (TPSA) is 82.0 Å². The third kappa shape index (κ3) is 6.11. The van der Waals surface area contributed by atoms with Gasteiger partial charge in [0.25, 0.3) is 0 Å². The number of carbonyl (C=O) groups excluding carboxylic acids is 1. The minimum Gasteiger partial charge on any atom is -0.444 e. The summed E-state index contributed by atoms with van der Waals surface area (Å²) >= 11 is 0. The Bertz CT molecular complexity index is 334. The van der Waals surface area contributed by atoms with Gasteiger partial charge >= 0.3 is 6.09 Å². The van der Waals surface area contributed by atoms with Crippen LogP contribution in [-0.2, 0) is 4.74 Å². The molecule has 4 atom stereocenters. The number of nitrogens with zero attached hydrogens (tertiary/aromatic N) is 1. The Kier molecular flexibility index (Phi) is 6.30. The summed E-state index contributed by atoms with van der Waals surface area (Å²) in [5.74, 6) is 0. The number of hydrogen-bond donors (Lipinski definition) is 3. The van der Waals surface area contributed by atoms with Crippen LogP contribution in [0.2, 0.25) is 0 Å². The first-order chi connectivity index (χ1) is 9.60. The Labute approximate surface area is 123 Å². The lowest BCUT2D eigenvalue weighted by Gasteiger charge is -2.23. The van der Waals surface area contributed by atoms with Gasteiger partial charge in [-0.1, -0.05) is 0 Å². The number of β-amino-alcohol motifs (C(OH)–C–C–N with tert-alkyl or cyclic N) is 2. The molecule has 3 N–H and O–H groups in total. The van der Waals surface area contributed by atoms with Crippen molar-refractivity contribution < 1.29 is 28.5 Å². The molecule has 0 radical (unpaired) electrons. The molecule has 1 amide bonds. The molecule has 2 heterocycles. The first kappa shape index (κ1) is 18.1. The molecular weight excluding hydrogens is 286 g/mol. The molecule has 0 aromatic heterocycles. The number of nitrogens with one attached hydrogen (secondary N) is 1. The van der Waals surface area contributed by atoms with Crippen molar-refractivity contribution in [3.05, 3.63) is 0 Å². The molecule has 124 valence electrons. The SMILES string of the molecule is CC(C)(C)OC(=O)N1CC(O)C(F)C1.OC1CNCC1F. The van der Waals surface area contributed by atoms with Gasteiger partial charge in [-0.05, 0) is 20.8 Å². The second kappa shape index (κ2) is 7.33. The number of amides is 1. The number of rotatable bonds is 0. The first-order valence-electron chi connectivity index (χ1n) is 6.93. The average molecular weight is 310 g/mol. The van der Waals surface area contributed by atoms with Gasteiger partial charge < -0.3 is 25.2 Å². The van der Waals surface area contributed by atoms with Crippen molar-refractivity contribution in [3.63, 3.8) is 0 Å². The van der Waals surface area contributed by atoms with E-state index in [1.165, 1.54) is 4.90 Å². The Morgan fingerprint density at radius 3 is 2.05 bits per heavy atom. The van der Waals surface area contributed by atoms with Crippen molar-refractivity contribution in [2.45, 2.75) is 50.9 Å². The highest BCUT2D eigenvalue weighted by atomic mass is 19.1. The predicted molar refractivity (Wildman–Crippen MR) is 72.5 cm³/mol. The summed E-state index contributed by atoms with van der Waals surface area (Å²) in [6.07, 6.45) is -4.82. The maximum Gasteiger partial charge on any atom is 0.410 e. The van der Waals surface area contributed by atoms with Crippen molar-refractivity contribution in [1.29, 1.82) is 0 Å². The summed E-state index contributed by atoms with van der Waals surface area (Å²) in [5, 5.41) is 20.3. The van der Waals surface area contributed by atoms with Crippen LogP contribution >= 0.6 is 0 Å². The Morgan fingerprint density at radius 2 is 1.76 bits per heavy atom. The molecule has 2 rings (SSSR count). The van der Waals surface area contributed by atoms with Crippen LogP contribution < -0.4 is 5.32 Å². The molecule has 0 aliphatic carbocycles. The summed E-state index contributed by atoms with van der Waals surface area (Å²) in [6.45, 7) is 5.85. The van der Waals surface area contributed by atoms with Gasteiger partial charge in [-0.15, -0.1) is 0 Å². The second-order valence-electron chi connectivity index (χ2n) is 6.21. The zero-order valence-corrected chi connectivity index (χ0v) is 12.6. The predicted octanol–water partition coefficient (Wildman–Crippen LogP) is 0.225. The van der Waals surface area contributed by atoms with Crippen LogP contribution in [0.3, 0.4) is 0 Å². The van der Waals surface area contributed by atoms with Crippen LogP contribution in [-0.4, -0.2) is 77.5 Å². The molecule has 4 unspecified atom stereocenters. The van der Waals surface area contributed by atoms with Gasteiger partial charge in [0.15, 0.2) is 0 Å². The third-order valence-corrected chi connectivity index (χ3v) is 2.98. The van der Waals surface area contributed by atoms with E-state index in [2.05, 4.69) is 5.32 Å². The van der Waals surface area contributed by atoms with Crippen LogP contribution in [0, 0.1) is 0 Å². The summed E-state index contributed by atoms with van der Waals surface area (Å²) in [7, 11) is 0. The standard InChI is InChI=1S/C9H16FNO3.C4H8FNO/c1-9(2,3)14-8(13)11-4-6(10)7(12)5-11;5-3-1-6-2-4(3)7/h6-7,12H,4-5H2,1-3H3;3-4,6-7H,1-2H2. The number of aliphatic hydroxyl groups excluding tert-OH is 2. The summed E-state index contributed by atoms with van der Waals surface area (Å²) in [5.41, 5.74) is -0.587. The number of alkyl halides is 2. The molecule has 21 heavy (non-hydrogen) atoms. The minimum atomic E-state index is -1.36. The van der Waals surface area contributed by atoms with E-state index in [-0.39, 0.29) is 13.1 Å². The molecule has 8 heteroatoms. The fraction of sp³-hybridized carbons (Fsp3) is 0.923. The smallest absolute Gasteiger partial charge is 0.410 e. The molecule has 2 aliphatic heterocycles. The average Bonchev–Trinajstić information content (AvgIpc) is 2.86.